The molecule has 1 amide bonds. The summed E-state index contributed by atoms with van der Waals surface area (Å²) in [6.45, 7) is 1.95. The molecule has 0 saturated heterocycles. The molecule has 24 heavy (non-hydrogen) atoms. The van der Waals surface area contributed by atoms with Crippen LogP contribution in [0.4, 0.5) is 10.1 Å². The zero-order valence-corrected chi connectivity index (χ0v) is 13.6. The third-order valence-corrected chi connectivity index (χ3v) is 4.08. The molecule has 0 fully saturated rings. The van der Waals surface area contributed by atoms with Crippen LogP contribution >= 0.6 is 11.8 Å². The molecule has 0 atom stereocenters. The molecule has 1 N–H and O–H groups in total. The van der Waals surface area contributed by atoms with Crippen molar-refractivity contribution in [3.05, 3.63) is 59.9 Å². The van der Waals surface area contributed by atoms with E-state index in [1.165, 1.54) is 12.1 Å². The van der Waals surface area contributed by atoms with Crippen LogP contribution in [0.25, 0.3) is 11.5 Å². The molecule has 0 saturated carbocycles. The van der Waals surface area contributed by atoms with Gasteiger partial charge in [-0.3, -0.25) is 4.79 Å². The van der Waals surface area contributed by atoms with Crippen LogP contribution in [0.15, 0.2) is 58.2 Å². The lowest BCUT2D eigenvalue weighted by Gasteiger charge is -2.04. The number of benzene rings is 2. The highest BCUT2D eigenvalue weighted by atomic mass is 32.2. The first-order valence-corrected chi connectivity index (χ1v) is 8.19. The van der Waals surface area contributed by atoms with Gasteiger partial charge in [0.1, 0.15) is 5.82 Å². The largest absolute Gasteiger partial charge is 0.411 e. The van der Waals surface area contributed by atoms with Gasteiger partial charge in [0.05, 0.1) is 11.4 Å². The van der Waals surface area contributed by atoms with Crippen molar-refractivity contribution in [3.8, 4) is 11.5 Å². The summed E-state index contributed by atoms with van der Waals surface area (Å²) < 4.78 is 19.0. The molecule has 2 aromatic carbocycles. The Kier molecular flexibility index (Phi) is 4.90. The van der Waals surface area contributed by atoms with Gasteiger partial charge in [0, 0.05) is 5.56 Å². The van der Waals surface area contributed by atoms with Crippen LogP contribution in [-0.4, -0.2) is 21.9 Å². The van der Waals surface area contributed by atoms with Gasteiger partial charge >= 0.3 is 0 Å². The Bertz CT molecular complexity index is 866. The number of nitrogens with zero attached hydrogens (tertiary/aromatic N) is 2. The quantitative estimate of drug-likeness (QED) is 0.711. The summed E-state index contributed by atoms with van der Waals surface area (Å²) in [4.78, 5) is 11.9. The molecule has 3 aromatic rings. The summed E-state index contributed by atoms with van der Waals surface area (Å²) in [5, 5.41) is 10.7. The molecule has 5 nitrogen and oxygen atoms in total. The Balaban J connectivity index is 1.61. The van der Waals surface area contributed by atoms with Crippen molar-refractivity contribution in [2.45, 2.75) is 12.1 Å². The first-order valence-electron chi connectivity index (χ1n) is 7.20. The first-order chi connectivity index (χ1) is 11.6. The second kappa shape index (κ2) is 7.27. The van der Waals surface area contributed by atoms with Crippen molar-refractivity contribution >= 4 is 23.4 Å². The van der Waals surface area contributed by atoms with Crippen molar-refractivity contribution in [2.24, 2.45) is 0 Å². The number of halogens is 1. The number of rotatable bonds is 5. The zero-order valence-electron chi connectivity index (χ0n) is 12.8. The lowest BCUT2D eigenvalue weighted by Crippen LogP contribution is -2.14. The van der Waals surface area contributed by atoms with Crippen molar-refractivity contribution in [3.63, 3.8) is 0 Å². The van der Waals surface area contributed by atoms with Gasteiger partial charge in [-0.15, -0.1) is 10.2 Å². The lowest BCUT2D eigenvalue weighted by molar-refractivity contribution is -0.113. The van der Waals surface area contributed by atoms with E-state index in [-0.39, 0.29) is 22.6 Å². The smallest absolute Gasteiger partial charge is 0.277 e. The number of hydrogen-bond donors (Lipinski definition) is 1. The normalized spacial score (nSPS) is 10.6. The van der Waals surface area contributed by atoms with E-state index >= 15 is 0 Å². The van der Waals surface area contributed by atoms with E-state index in [0.29, 0.717) is 5.89 Å². The molecule has 0 unspecified atom stereocenters. The van der Waals surface area contributed by atoms with E-state index in [9.17, 15) is 9.18 Å². The van der Waals surface area contributed by atoms with Gasteiger partial charge in [0.2, 0.25) is 11.8 Å². The number of nitrogens with one attached hydrogen (secondary N) is 1. The van der Waals surface area contributed by atoms with E-state index in [1.807, 2.05) is 31.2 Å². The third kappa shape index (κ3) is 3.80. The fourth-order valence-electron chi connectivity index (χ4n) is 2.07. The highest BCUT2D eigenvalue weighted by molar-refractivity contribution is 7.99. The molecule has 0 bridgehead atoms. The summed E-state index contributed by atoms with van der Waals surface area (Å²) >= 11 is 1.10. The van der Waals surface area contributed by atoms with Crippen LogP contribution < -0.4 is 5.32 Å². The molecule has 0 aliphatic carbocycles. The average molecular weight is 343 g/mol. The Morgan fingerprint density at radius 3 is 2.71 bits per heavy atom. The van der Waals surface area contributed by atoms with Crippen LogP contribution in [0.2, 0.25) is 0 Å². The van der Waals surface area contributed by atoms with E-state index < -0.39 is 5.82 Å². The van der Waals surface area contributed by atoms with E-state index in [0.717, 1.165) is 22.9 Å². The maximum Gasteiger partial charge on any atom is 0.277 e. The van der Waals surface area contributed by atoms with Gasteiger partial charge in [0.25, 0.3) is 5.22 Å². The second-order valence-corrected chi connectivity index (χ2v) is 5.93. The SMILES string of the molecule is Cc1ccccc1-c1nnc(SCC(=O)Nc2ccccc2F)o1. The van der Waals surface area contributed by atoms with Crippen LogP contribution in [0.1, 0.15) is 5.56 Å². The number of para-hydroxylation sites is 1. The summed E-state index contributed by atoms with van der Waals surface area (Å²) in [5.74, 6) is -0.370. The number of carbonyl (C=O) groups is 1. The second-order valence-electron chi connectivity index (χ2n) is 5.00. The summed E-state index contributed by atoms with van der Waals surface area (Å²) in [6, 6.07) is 13.7. The molecule has 0 aliphatic heterocycles. The summed E-state index contributed by atoms with van der Waals surface area (Å²) in [7, 11) is 0. The summed E-state index contributed by atoms with van der Waals surface area (Å²) in [5.41, 5.74) is 2.02. The Labute approximate surface area is 142 Å². The minimum atomic E-state index is -0.476. The third-order valence-electron chi connectivity index (χ3n) is 3.26. The number of amides is 1. The summed E-state index contributed by atoms with van der Waals surface area (Å²) in [6.07, 6.45) is 0. The van der Waals surface area contributed by atoms with Crippen molar-refractivity contribution < 1.29 is 13.6 Å². The maximum absolute atomic E-state index is 13.5. The van der Waals surface area contributed by atoms with Gasteiger partial charge < -0.3 is 9.73 Å². The number of hydrogen-bond acceptors (Lipinski definition) is 5. The van der Waals surface area contributed by atoms with Gasteiger partial charge in [-0.05, 0) is 30.7 Å². The number of carbonyl (C=O) groups excluding carboxylic acids is 1. The average Bonchev–Trinajstić information content (AvgIpc) is 3.04. The van der Waals surface area contributed by atoms with Crippen LogP contribution in [-0.2, 0) is 4.79 Å². The van der Waals surface area contributed by atoms with E-state index in [2.05, 4.69) is 15.5 Å². The molecule has 0 spiro atoms. The number of thioether (sulfide) groups is 1. The maximum atomic E-state index is 13.5. The minimum absolute atomic E-state index is 0.0454. The fourth-order valence-corrected chi connectivity index (χ4v) is 2.63. The van der Waals surface area contributed by atoms with Gasteiger partial charge in [-0.25, -0.2) is 4.39 Å². The van der Waals surface area contributed by atoms with Crippen LogP contribution in [0.3, 0.4) is 0 Å². The van der Waals surface area contributed by atoms with Gasteiger partial charge in [0.15, 0.2) is 0 Å². The molecular formula is C17H14FN3O2S. The number of anilines is 1. The predicted octanol–water partition coefficient (Wildman–Crippen LogP) is 3.91. The topological polar surface area (TPSA) is 68.0 Å². The minimum Gasteiger partial charge on any atom is -0.411 e. The predicted molar refractivity (Wildman–Crippen MR) is 90.2 cm³/mol. The molecule has 122 valence electrons. The van der Waals surface area contributed by atoms with Crippen LogP contribution in [0, 0.1) is 12.7 Å². The first kappa shape index (κ1) is 16.2. The molecule has 0 aliphatic rings. The standard InChI is InChI=1S/C17H14FN3O2S/c1-11-6-2-3-7-12(11)16-20-21-17(23-16)24-10-15(22)19-14-9-5-4-8-13(14)18/h2-9H,10H2,1H3,(H,19,22). The number of aromatic nitrogens is 2. The highest BCUT2D eigenvalue weighted by Gasteiger charge is 2.13. The molecule has 3 rings (SSSR count). The van der Waals surface area contributed by atoms with E-state index in [4.69, 9.17) is 4.42 Å². The lowest BCUT2D eigenvalue weighted by atomic mass is 10.1. The zero-order chi connectivity index (χ0) is 16.9. The fraction of sp³-hybridized carbons (Fsp3) is 0.118. The molecule has 1 aromatic heterocycles. The van der Waals surface area contributed by atoms with Crippen molar-refractivity contribution in [1.29, 1.82) is 0 Å². The molecule has 7 heteroatoms. The van der Waals surface area contributed by atoms with Gasteiger partial charge in [-0.1, -0.05) is 42.1 Å². The van der Waals surface area contributed by atoms with Crippen molar-refractivity contribution in [2.75, 3.05) is 11.1 Å². The molecule has 1 heterocycles. The number of aryl methyl sites for hydroxylation is 1. The van der Waals surface area contributed by atoms with Crippen molar-refractivity contribution in [1.82, 2.24) is 10.2 Å². The van der Waals surface area contributed by atoms with E-state index in [1.54, 1.807) is 12.1 Å². The molecular weight excluding hydrogens is 329 g/mol. The molecule has 0 radical (unpaired) electrons. The highest BCUT2D eigenvalue weighted by Crippen LogP contribution is 2.25. The Hall–Kier alpha value is -2.67. The monoisotopic (exact) mass is 343 g/mol. The van der Waals surface area contributed by atoms with Gasteiger partial charge in [-0.2, -0.15) is 0 Å². The van der Waals surface area contributed by atoms with Crippen LogP contribution in [0.5, 0.6) is 0 Å². The Morgan fingerprint density at radius 1 is 1.17 bits per heavy atom. The Morgan fingerprint density at radius 2 is 1.92 bits per heavy atom.